The Labute approximate surface area is 103 Å². The Hall–Kier alpha value is -1.97. The van der Waals surface area contributed by atoms with Gasteiger partial charge in [-0.1, -0.05) is 30.3 Å². The van der Waals surface area contributed by atoms with Crippen LogP contribution in [0, 0.1) is 6.07 Å². The Kier molecular flexibility index (Phi) is 3.28. The fourth-order valence-electron chi connectivity index (χ4n) is 1.69. The van der Waals surface area contributed by atoms with Gasteiger partial charge in [0.2, 0.25) is 0 Å². The van der Waals surface area contributed by atoms with Crippen LogP contribution in [-0.4, -0.2) is 7.11 Å². The average Bonchev–Trinajstić information content (AvgIpc) is 2.38. The predicted octanol–water partition coefficient (Wildman–Crippen LogP) is 4.18. The fourth-order valence-corrected chi connectivity index (χ4v) is 1.69. The molecule has 0 spiro atoms. The third-order valence-corrected chi connectivity index (χ3v) is 2.56. The summed E-state index contributed by atoms with van der Waals surface area (Å²) in [5.74, 6) is -0.172. The van der Waals surface area contributed by atoms with Crippen molar-refractivity contribution in [3.05, 3.63) is 54.1 Å². The maximum atomic E-state index is 12.8. The fraction of sp³-hybridized carbons (Fsp3) is 0.143. The van der Waals surface area contributed by atoms with Crippen molar-refractivity contribution in [3.63, 3.8) is 0 Å². The molecule has 0 N–H and O–H groups in total. The number of hydrogen-bond acceptors (Lipinski definition) is 1. The molecule has 0 fully saturated rings. The van der Waals surface area contributed by atoms with E-state index >= 15 is 0 Å². The van der Waals surface area contributed by atoms with Crippen LogP contribution in [-0.2, 0) is 6.18 Å². The molecule has 0 aliphatic carbocycles. The van der Waals surface area contributed by atoms with Gasteiger partial charge in [0.15, 0.2) is 0 Å². The van der Waals surface area contributed by atoms with Crippen LogP contribution in [0.4, 0.5) is 13.2 Å². The van der Waals surface area contributed by atoms with Crippen molar-refractivity contribution >= 4 is 0 Å². The molecule has 2 aromatic carbocycles. The molecule has 1 radical (unpaired) electrons. The van der Waals surface area contributed by atoms with Gasteiger partial charge in [-0.05, 0) is 29.3 Å². The van der Waals surface area contributed by atoms with Crippen molar-refractivity contribution in [2.45, 2.75) is 6.18 Å². The van der Waals surface area contributed by atoms with Gasteiger partial charge in [0.1, 0.15) is 5.75 Å². The number of ether oxygens (including phenoxy) is 1. The van der Waals surface area contributed by atoms with Gasteiger partial charge in [-0.2, -0.15) is 13.2 Å². The van der Waals surface area contributed by atoms with Gasteiger partial charge in [-0.25, -0.2) is 0 Å². The Bertz CT molecular complexity index is 532. The zero-order valence-corrected chi connectivity index (χ0v) is 9.58. The zero-order chi connectivity index (χ0) is 13.2. The smallest absolute Gasteiger partial charge is 0.419 e. The summed E-state index contributed by atoms with van der Waals surface area (Å²) in [6, 6.07) is 13.6. The van der Waals surface area contributed by atoms with E-state index in [1.165, 1.54) is 13.2 Å². The molecular weight excluding hydrogens is 241 g/mol. The number of hydrogen-bond donors (Lipinski definition) is 0. The van der Waals surface area contributed by atoms with Crippen LogP contribution in [0.5, 0.6) is 5.75 Å². The standard InChI is InChI=1S/C14H10F3O/c1-18-13-8-7-11(9-12(13)14(15,16)17)10-5-3-2-4-6-10/h3-9H,1H3. The summed E-state index contributed by atoms with van der Waals surface area (Å²) in [6.45, 7) is 0. The summed E-state index contributed by atoms with van der Waals surface area (Å²) < 4.78 is 43.3. The number of alkyl halides is 3. The second-order valence-electron chi connectivity index (χ2n) is 3.70. The second kappa shape index (κ2) is 4.72. The van der Waals surface area contributed by atoms with Crippen molar-refractivity contribution in [1.82, 2.24) is 0 Å². The Morgan fingerprint density at radius 3 is 2.22 bits per heavy atom. The molecule has 2 rings (SSSR count). The monoisotopic (exact) mass is 251 g/mol. The normalized spacial score (nSPS) is 11.3. The summed E-state index contributed by atoms with van der Waals surface area (Å²) >= 11 is 0. The van der Waals surface area contributed by atoms with E-state index in [0.29, 0.717) is 11.1 Å². The maximum absolute atomic E-state index is 12.8. The van der Waals surface area contributed by atoms with Gasteiger partial charge < -0.3 is 4.74 Å². The van der Waals surface area contributed by atoms with Gasteiger partial charge in [0, 0.05) is 0 Å². The van der Waals surface area contributed by atoms with E-state index in [-0.39, 0.29) is 5.75 Å². The summed E-state index contributed by atoms with van der Waals surface area (Å²) in [5.41, 5.74) is 0.439. The van der Waals surface area contributed by atoms with Crippen LogP contribution in [0.15, 0.2) is 42.5 Å². The minimum absolute atomic E-state index is 0.172. The van der Waals surface area contributed by atoms with E-state index in [4.69, 9.17) is 4.74 Å². The summed E-state index contributed by atoms with van der Waals surface area (Å²) in [7, 11) is 1.22. The molecule has 93 valence electrons. The molecule has 0 aromatic heterocycles. The van der Waals surface area contributed by atoms with Crippen molar-refractivity contribution in [2.75, 3.05) is 7.11 Å². The molecule has 18 heavy (non-hydrogen) atoms. The lowest BCUT2D eigenvalue weighted by atomic mass is 10.0. The highest BCUT2D eigenvalue weighted by atomic mass is 19.4. The molecule has 0 unspecified atom stereocenters. The first-order valence-electron chi connectivity index (χ1n) is 5.24. The van der Waals surface area contributed by atoms with E-state index in [1.54, 1.807) is 30.3 Å². The molecule has 0 bridgehead atoms. The second-order valence-corrected chi connectivity index (χ2v) is 3.70. The largest absolute Gasteiger partial charge is 0.496 e. The van der Waals surface area contributed by atoms with Crippen molar-refractivity contribution in [1.29, 1.82) is 0 Å². The van der Waals surface area contributed by atoms with Gasteiger partial charge in [0.05, 0.1) is 12.7 Å². The lowest BCUT2D eigenvalue weighted by Gasteiger charge is -2.13. The highest BCUT2D eigenvalue weighted by Crippen LogP contribution is 2.38. The topological polar surface area (TPSA) is 9.23 Å². The molecule has 0 saturated carbocycles. The van der Waals surface area contributed by atoms with Crippen LogP contribution < -0.4 is 4.74 Å². The summed E-state index contributed by atoms with van der Waals surface area (Å²) in [5, 5.41) is 0. The highest BCUT2D eigenvalue weighted by molar-refractivity contribution is 5.65. The molecule has 0 aliphatic heterocycles. The van der Waals surface area contributed by atoms with Crippen LogP contribution in [0.25, 0.3) is 11.1 Å². The minimum Gasteiger partial charge on any atom is -0.496 e. The van der Waals surface area contributed by atoms with E-state index in [2.05, 4.69) is 6.07 Å². The molecule has 2 aromatic rings. The minimum atomic E-state index is -4.43. The van der Waals surface area contributed by atoms with E-state index in [9.17, 15) is 13.2 Å². The van der Waals surface area contributed by atoms with Gasteiger partial charge >= 0.3 is 6.18 Å². The van der Waals surface area contributed by atoms with Gasteiger partial charge in [-0.15, -0.1) is 0 Å². The quantitative estimate of drug-likeness (QED) is 0.778. The Morgan fingerprint density at radius 2 is 1.67 bits per heavy atom. The number of methoxy groups -OCH3 is 1. The molecular formula is C14H10F3O. The molecule has 0 heterocycles. The zero-order valence-electron chi connectivity index (χ0n) is 9.58. The molecule has 0 aliphatic rings. The maximum Gasteiger partial charge on any atom is 0.419 e. The van der Waals surface area contributed by atoms with Gasteiger partial charge in [0.25, 0.3) is 0 Å². The first kappa shape index (κ1) is 12.5. The number of halogens is 3. The molecule has 0 atom stereocenters. The Balaban J connectivity index is 2.53. The SMILES string of the molecule is COc1ccc(-c2cc[c]cc2)cc1C(F)(F)F. The van der Waals surface area contributed by atoms with Crippen LogP contribution in [0.2, 0.25) is 0 Å². The molecule has 0 saturated heterocycles. The third-order valence-electron chi connectivity index (χ3n) is 2.56. The lowest BCUT2D eigenvalue weighted by molar-refractivity contribution is -0.138. The predicted molar refractivity (Wildman–Crippen MR) is 62.3 cm³/mol. The number of benzene rings is 2. The third kappa shape index (κ3) is 2.47. The molecule has 1 nitrogen and oxygen atoms in total. The van der Waals surface area contributed by atoms with Crippen molar-refractivity contribution < 1.29 is 17.9 Å². The van der Waals surface area contributed by atoms with Crippen molar-refractivity contribution in [3.8, 4) is 16.9 Å². The summed E-state index contributed by atoms with van der Waals surface area (Å²) in [6.07, 6.45) is -4.43. The number of rotatable bonds is 2. The van der Waals surface area contributed by atoms with Crippen LogP contribution in [0.1, 0.15) is 5.56 Å². The van der Waals surface area contributed by atoms with E-state index in [0.717, 1.165) is 6.07 Å². The molecule has 0 amide bonds. The van der Waals surface area contributed by atoms with E-state index in [1.807, 2.05) is 0 Å². The summed E-state index contributed by atoms with van der Waals surface area (Å²) in [4.78, 5) is 0. The van der Waals surface area contributed by atoms with Crippen LogP contribution >= 0.6 is 0 Å². The van der Waals surface area contributed by atoms with E-state index < -0.39 is 11.7 Å². The first-order valence-corrected chi connectivity index (χ1v) is 5.24. The Morgan fingerprint density at radius 1 is 1.00 bits per heavy atom. The highest BCUT2D eigenvalue weighted by Gasteiger charge is 2.34. The average molecular weight is 251 g/mol. The van der Waals surface area contributed by atoms with Crippen LogP contribution in [0.3, 0.4) is 0 Å². The molecule has 4 heteroatoms. The first-order chi connectivity index (χ1) is 8.52. The van der Waals surface area contributed by atoms with Crippen molar-refractivity contribution in [2.24, 2.45) is 0 Å². The lowest BCUT2D eigenvalue weighted by Crippen LogP contribution is -2.07. The van der Waals surface area contributed by atoms with Gasteiger partial charge in [-0.3, -0.25) is 0 Å².